The molecule has 4 rings (SSSR count). The molecule has 3 heterocycles. The number of rotatable bonds is 6. The van der Waals surface area contributed by atoms with Gasteiger partial charge in [0.15, 0.2) is 16.7 Å². The summed E-state index contributed by atoms with van der Waals surface area (Å²) < 4.78 is 11.6. The second-order valence-electron chi connectivity index (χ2n) is 7.54. The van der Waals surface area contributed by atoms with Crippen LogP contribution >= 0.6 is 23.4 Å². The normalized spacial score (nSPS) is 23.3. The first-order chi connectivity index (χ1) is 14.0. The molecule has 5 nitrogen and oxygen atoms in total. The predicted octanol–water partition coefficient (Wildman–Crippen LogP) is 5.51. The fraction of sp³-hybridized carbons (Fsp3) is 0.455. The van der Waals surface area contributed by atoms with E-state index in [9.17, 15) is 0 Å². The summed E-state index contributed by atoms with van der Waals surface area (Å²) in [7, 11) is 1.65. The lowest BCUT2D eigenvalue weighted by Gasteiger charge is -2.32. The summed E-state index contributed by atoms with van der Waals surface area (Å²) in [6, 6.07) is 10.4. The molecule has 0 radical (unpaired) electrons. The van der Waals surface area contributed by atoms with Crippen molar-refractivity contribution in [3.8, 4) is 11.5 Å². The highest BCUT2D eigenvalue weighted by molar-refractivity contribution is 8.14. The van der Waals surface area contributed by atoms with E-state index in [1.807, 2.05) is 62.1 Å². The van der Waals surface area contributed by atoms with Gasteiger partial charge in [-0.1, -0.05) is 36.4 Å². The van der Waals surface area contributed by atoms with Crippen molar-refractivity contribution in [1.29, 1.82) is 0 Å². The number of benzene rings is 1. The van der Waals surface area contributed by atoms with E-state index < -0.39 is 0 Å². The number of halogens is 1. The molecule has 0 N–H and O–H groups in total. The van der Waals surface area contributed by atoms with E-state index in [0.717, 1.165) is 28.6 Å². The maximum Gasteiger partial charge on any atom is 0.180 e. The Balaban J connectivity index is 1.80. The molecule has 0 spiro atoms. The highest BCUT2D eigenvalue weighted by atomic mass is 35.5. The van der Waals surface area contributed by atoms with Gasteiger partial charge in [0, 0.05) is 18.0 Å². The van der Waals surface area contributed by atoms with Crippen LogP contribution in [0.15, 0.2) is 41.5 Å². The van der Waals surface area contributed by atoms with Crippen LogP contribution < -0.4 is 9.47 Å². The lowest BCUT2D eigenvalue weighted by molar-refractivity contribution is 0.228. The number of hydrogen-bond acceptors (Lipinski definition) is 6. The summed E-state index contributed by atoms with van der Waals surface area (Å²) in [5.74, 6) is 2.29. The van der Waals surface area contributed by atoms with Crippen LogP contribution in [-0.4, -0.2) is 40.1 Å². The van der Waals surface area contributed by atoms with E-state index in [1.165, 1.54) is 0 Å². The van der Waals surface area contributed by atoms with Crippen molar-refractivity contribution < 1.29 is 9.47 Å². The molecule has 29 heavy (non-hydrogen) atoms. The topological polar surface area (TPSA) is 47.0 Å². The van der Waals surface area contributed by atoms with Gasteiger partial charge in [-0.25, -0.2) is 0 Å². The van der Waals surface area contributed by atoms with Crippen LogP contribution in [0.2, 0.25) is 5.02 Å². The Labute approximate surface area is 181 Å². The van der Waals surface area contributed by atoms with Gasteiger partial charge in [0.25, 0.3) is 0 Å². The predicted molar refractivity (Wildman–Crippen MR) is 119 cm³/mol. The average molecular weight is 432 g/mol. The number of nitrogens with zero attached hydrogens (tertiary/aromatic N) is 3. The fourth-order valence-corrected chi connectivity index (χ4v) is 5.57. The fourth-order valence-electron chi connectivity index (χ4n) is 3.97. The monoisotopic (exact) mass is 431 g/mol. The largest absolute Gasteiger partial charge is 0.493 e. The molecule has 3 atom stereocenters. The molecule has 0 aliphatic carbocycles. The Morgan fingerprint density at radius 2 is 2.14 bits per heavy atom. The number of fused-ring (bicyclic) bond motifs is 1. The van der Waals surface area contributed by atoms with Gasteiger partial charge in [-0.05, 0) is 50.1 Å². The Morgan fingerprint density at radius 3 is 2.79 bits per heavy atom. The van der Waals surface area contributed by atoms with Gasteiger partial charge in [-0.2, -0.15) is 0 Å². The van der Waals surface area contributed by atoms with Crippen molar-refractivity contribution >= 4 is 28.5 Å². The number of pyridine rings is 1. The number of hydrogen-bond donors (Lipinski definition) is 0. The van der Waals surface area contributed by atoms with Gasteiger partial charge in [0.2, 0.25) is 0 Å². The maximum atomic E-state index is 6.66. The van der Waals surface area contributed by atoms with Crippen molar-refractivity contribution in [3.05, 3.63) is 52.8 Å². The quantitative estimate of drug-likeness (QED) is 0.603. The minimum absolute atomic E-state index is 0.00869. The molecule has 2 aliphatic heterocycles. The van der Waals surface area contributed by atoms with Gasteiger partial charge in [0.1, 0.15) is 6.04 Å². The number of aromatic nitrogens is 1. The zero-order valence-electron chi connectivity index (χ0n) is 17.1. The summed E-state index contributed by atoms with van der Waals surface area (Å²) in [6.07, 6.45) is 2.90. The Kier molecular flexibility index (Phi) is 5.93. The van der Waals surface area contributed by atoms with Gasteiger partial charge >= 0.3 is 0 Å². The van der Waals surface area contributed by atoms with Crippen molar-refractivity contribution in [2.45, 2.75) is 51.4 Å². The summed E-state index contributed by atoms with van der Waals surface area (Å²) in [4.78, 5) is 12.1. The molecule has 0 unspecified atom stereocenters. The zero-order valence-corrected chi connectivity index (χ0v) is 18.7. The first kappa shape index (κ1) is 20.4. The minimum atomic E-state index is -0.0781. The van der Waals surface area contributed by atoms with Crippen molar-refractivity contribution in [1.82, 2.24) is 9.88 Å². The summed E-state index contributed by atoms with van der Waals surface area (Å²) >= 11 is 8.49. The van der Waals surface area contributed by atoms with Crippen LogP contribution in [0.1, 0.15) is 50.5 Å². The molecule has 0 bridgehead atoms. The third kappa shape index (κ3) is 3.80. The molecule has 1 fully saturated rings. The highest BCUT2D eigenvalue weighted by Crippen LogP contribution is 2.50. The standard InChI is InChI=1S/C22H26ClN3O2S/c1-5-15-12-29-22-25-19(17-8-6-7-9-24-17)20(26(15)22)14-10-16(23)21(28-13(2)3)18(11-14)27-4/h6-11,13,15,19-20H,5,12H2,1-4H3/t15-,19+,20+/m1/s1. The molecule has 1 aromatic heterocycles. The number of ether oxygens (including phenoxy) is 2. The minimum Gasteiger partial charge on any atom is -0.493 e. The zero-order chi connectivity index (χ0) is 20.5. The summed E-state index contributed by atoms with van der Waals surface area (Å²) in [5, 5.41) is 1.65. The SMILES string of the molecule is CC[C@@H]1CSC2=N[C@@H](c3ccccn3)[C@H](c3cc(Cl)c(OC(C)C)c(OC)c3)N21. The molecular formula is C22H26ClN3O2S. The van der Waals surface area contributed by atoms with Gasteiger partial charge in [-0.3, -0.25) is 9.98 Å². The van der Waals surface area contributed by atoms with Crippen molar-refractivity contribution in [2.24, 2.45) is 4.99 Å². The van der Waals surface area contributed by atoms with E-state index in [1.54, 1.807) is 7.11 Å². The smallest absolute Gasteiger partial charge is 0.180 e. The Hall–Kier alpha value is -1.92. The molecule has 1 saturated heterocycles. The molecule has 0 amide bonds. The molecule has 7 heteroatoms. The van der Waals surface area contributed by atoms with Gasteiger partial charge in [-0.15, -0.1) is 0 Å². The van der Waals surface area contributed by atoms with Crippen LogP contribution in [0.5, 0.6) is 11.5 Å². The molecule has 2 aromatic rings. The lowest BCUT2D eigenvalue weighted by atomic mass is 9.95. The van der Waals surface area contributed by atoms with E-state index >= 15 is 0 Å². The molecule has 1 aromatic carbocycles. The third-order valence-electron chi connectivity index (χ3n) is 5.28. The van der Waals surface area contributed by atoms with Crippen LogP contribution in [0, 0.1) is 0 Å². The van der Waals surface area contributed by atoms with Crippen LogP contribution in [0.3, 0.4) is 0 Å². The first-order valence-corrected chi connectivity index (χ1v) is 11.3. The summed E-state index contributed by atoms with van der Waals surface area (Å²) in [5.41, 5.74) is 2.03. The number of thioether (sulfide) groups is 1. The lowest BCUT2D eigenvalue weighted by Crippen LogP contribution is -2.35. The number of aliphatic imine (C=N–C) groups is 1. The second-order valence-corrected chi connectivity index (χ2v) is 8.93. The summed E-state index contributed by atoms with van der Waals surface area (Å²) in [6.45, 7) is 6.18. The third-order valence-corrected chi connectivity index (χ3v) is 6.68. The second kappa shape index (κ2) is 8.44. The molecular weight excluding hydrogens is 406 g/mol. The highest BCUT2D eigenvalue weighted by Gasteiger charge is 2.45. The molecule has 154 valence electrons. The van der Waals surface area contributed by atoms with Crippen LogP contribution in [0.4, 0.5) is 0 Å². The average Bonchev–Trinajstić information content (AvgIpc) is 3.28. The molecule has 2 aliphatic rings. The van der Waals surface area contributed by atoms with Gasteiger partial charge < -0.3 is 14.4 Å². The van der Waals surface area contributed by atoms with E-state index in [0.29, 0.717) is 22.6 Å². The van der Waals surface area contributed by atoms with Gasteiger partial charge in [0.05, 0.1) is 30.0 Å². The number of methoxy groups -OCH3 is 1. The maximum absolute atomic E-state index is 6.66. The van der Waals surface area contributed by atoms with Crippen LogP contribution in [0.25, 0.3) is 0 Å². The van der Waals surface area contributed by atoms with E-state index in [-0.39, 0.29) is 18.2 Å². The molecule has 0 saturated carbocycles. The Bertz CT molecular complexity index is 906. The Morgan fingerprint density at radius 1 is 1.31 bits per heavy atom. The first-order valence-electron chi connectivity index (χ1n) is 9.97. The van der Waals surface area contributed by atoms with Crippen LogP contribution in [-0.2, 0) is 0 Å². The van der Waals surface area contributed by atoms with Crippen molar-refractivity contribution in [3.63, 3.8) is 0 Å². The number of amidine groups is 1. The van der Waals surface area contributed by atoms with E-state index in [4.69, 9.17) is 26.1 Å². The van der Waals surface area contributed by atoms with Crippen molar-refractivity contribution in [2.75, 3.05) is 12.9 Å². The van der Waals surface area contributed by atoms with E-state index in [2.05, 4.69) is 16.8 Å².